The number of hydrogen-bond donors (Lipinski definition) is 0. The van der Waals surface area contributed by atoms with E-state index in [4.69, 9.17) is 14.7 Å². The normalized spacial score (nSPS) is 13.5. The fourth-order valence-electron chi connectivity index (χ4n) is 8.96. The molecule has 3 nitrogen and oxygen atoms in total. The Morgan fingerprint density at radius 2 is 0.778 bits per heavy atom. The third-order valence-corrected chi connectivity index (χ3v) is 19.5. The first-order valence-corrected chi connectivity index (χ1v) is 24.4. The topological polar surface area (TPSA) is 35.0 Å². The molecule has 1 aromatic heterocycles. The Morgan fingerprint density at radius 1 is 0.349 bits per heavy atom. The molecule has 0 fully saturated rings. The molecule has 302 valence electrons. The fraction of sp³-hybridized carbons (Fsp3) is 0. The van der Waals surface area contributed by atoms with Gasteiger partial charge in [0.15, 0.2) is 11.6 Å². The maximum Gasteiger partial charge on any atom is 0.164 e. The molecule has 0 unspecified atom stereocenters. The van der Waals surface area contributed by atoms with Gasteiger partial charge in [-0.05, 0) is 103 Å². The summed E-state index contributed by atoms with van der Waals surface area (Å²) in [6.07, 6.45) is 0. The minimum atomic E-state index is -2.01. The minimum absolute atomic E-state index is 0.607. The lowest BCUT2D eigenvalue weighted by Crippen LogP contribution is -2.12. The Balaban J connectivity index is 1.16. The number of benzene rings is 9. The molecule has 0 spiro atoms. The molecular formula is C58H42N2OS2. The zero-order valence-electron chi connectivity index (χ0n) is 34.4. The molecule has 1 aliphatic heterocycles. The lowest BCUT2D eigenvalue weighted by molar-refractivity contribution is 0.453. The highest BCUT2D eigenvalue weighted by Gasteiger charge is 2.42. The molecule has 10 aromatic rings. The first-order chi connectivity index (χ1) is 31.2. The van der Waals surface area contributed by atoms with Crippen molar-refractivity contribution in [3.05, 3.63) is 255 Å². The van der Waals surface area contributed by atoms with Gasteiger partial charge < -0.3 is 4.74 Å². The van der Waals surface area contributed by atoms with Crippen LogP contribution in [0.25, 0.3) is 33.9 Å². The number of aromatic nitrogens is 2. The van der Waals surface area contributed by atoms with E-state index in [0.717, 1.165) is 44.5 Å². The molecule has 0 bridgehead atoms. The van der Waals surface area contributed by atoms with Crippen molar-refractivity contribution in [2.75, 3.05) is 0 Å². The van der Waals surface area contributed by atoms with Crippen molar-refractivity contribution < 1.29 is 4.74 Å². The summed E-state index contributed by atoms with van der Waals surface area (Å²) in [6, 6.07) is 91.3. The Bertz CT molecular complexity index is 3050. The first-order valence-electron chi connectivity index (χ1n) is 21.1. The molecule has 0 radical (unpaired) electrons. The van der Waals surface area contributed by atoms with E-state index < -0.39 is 20.1 Å². The van der Waals surface area contributed by atoms with Crippen LogP contribution in [0.3, 0.4) is 0 Å². The third kappa shape index (κ3) is 6.56. The molecule has 63 heavy (non-hydrogen) atoms. The van der Waals surface area contributed by atoms with Crippen molar-refractivity contribution in [2.45, 2.75) is 39.2 Å². The summed E-state index contributed by atoms with van der Waals surface area (Å²) in [5.41, 5.74) is 4.55. The van der Waals surface area contributed by atoms with Crippen molar-refractivity contribution in [3.8, 4) is 45.4 Å². The maximum absolute atomic E-state index is 7.11. The second-order valence-electron chi connectivity index (χ2n) is 15.3. The highest BCUT2D eigenvalue weighted by atomic mass is 32.3. The number of para-hydroxylation sites is 2. The van der Waals surface area contributed by atoms with Gasteiger partial charge in [-0.15, -0.1) is 20.1 Å². The summed E-state index contributed by atoms with van der Waals surface area (Å²) in [7, 11) is -3.94. The van der Waals surface area contributed by atoms with E-state index in [2.05, 4.69) is 249 Å². The first kappa shape index (κ1) is 38.5. The summed E-state index contributed by atoms with van der Waals surface area (Å²) in [5.74, 6) is 2.23. The van der Waals surface area contributed by atoms with Crippen LogP contribution in [-0.2, 0) is 0 Å². The Morgan fingerprint density at radius 3 is 1.35 bits per heavy atom. The zero-order chi connectivity index (χ0) is 42.1. The molecule has 0 amide bonds. The molecule has 11 rings (SSSR count). The Labute approximate surface area is 372 Å². The van der Waals surface area contributed by atoms with Gasteiger partial charge >= 0.3 is 0 Å². The largest absolute Gasteiger partial charge is 0.454 e. The van der Waals surface area contributed by atoms with Gasteiger partial charge in [0.25, 0.3) is 0 Å². The van der Waals surface area contributed by atoms with E-state index in [1.165, 1.54) is 34.3 Å². The molecule has 0 saturated carbocycles. The number of fused-ring (bicyclic) bond motifs is 2. The van der Waals surface area contributed by atoms with Crippen LogP contribution in [0.1, 0.15) is 0 Å². The lowest BCUT2D eigenvalue weighted by atomic mass is 10.1. The summed E-state index contributed by atoms with van der Waals surface area (Å²) < 4.78 is 7.11. The minimum Gasteiger partial charge on any atom is -0.454 e. The summed E-state index contributed by atoms with van der Waals surface area (Å²) >= 11 is 0. The van der Waals surface area contributed by atoms with Gasteiger partial charge in [0.2, 0.25) is 0 Å². The van der Waals surface area contributed by atoms with Crippen molar-refractivity contribution in [1.82, 2.24) is 9.97 Å². The van der Waals surface area contributed by atoms with E-state index >= 15 is 0 Å². The average Bonchev–Trinajstić information content (AvgIpc) is 3.37. The van der Waals surface area contributed by atoms with E-state index in [9.17, 15) is 0 Å². The van der Waals surface area contributed by atoms with Gasteiger partial charge in [-0.2, -0.15) is 0 Å². The van der Waals surface area contributed by atoms with Gasteiger partial charge in [0.1, 0.15) is 5.75 Å². The van der Waals surface area contributed by atoms with Gasteiger partial charge in [0, 0.05) is 50.3 Å². The molecule has 0 N–H and O–H groups in total. The molecule has 0 aliphatic carbocycles. The highest BCUT2D eigenvalue weighted by Crippen LogP contribution is 2.79. The van der Waals surface area contributed by atoms with E-state index in [1.54, 1.807) is 0 Å². The lowest BCUT2D eigenvalue weighted by Gasteiger charge is -2.46. The van der Waals surface area contributed by atoms with Crippen LogP contribution in [0.15, 0.2) is 294 Å². The Hall–Kier alpha value is -7.44. The van der Waals surface area contributed by atoms with Crippen LogP contribution < -0.4 is 4.74 Å². The van der Waals surface area contributed by atoms with E-state index in [0.29, 0.717) is 5.82 Å². The van der Waals surface area contributed by atoms with Gasteiger partial charge in [-0.3, -0.25) is 0 Å². The maximum atomic E-state index is 7.11. The predicted octanol–water partition coefficient (Wildman–Crippen LogP) is 16.3. The van der Waals surface area contributed by atoms with Crippen LogP contribution >= 0.6 is 20.1 Å². The van der Waals surface area contributed by atoms with Crippen molar-refractivity contribution in [1.29, 1.82) is 0 Å². The zero-order valence-corrected chi connectivity index (χ0v) is 36.0. The molecule has 1 aliphatic rings. The molecule has 5 heteroatoms. The van der Waals surface area contributed by atoms with Crippen molar-refractivity contribution >= 4 is 20.1 Å². The van der Waals surface area contributed by atoms with Gasteiger partial charge in [-0.25, -0.2) is 9.97 Å². The SMILES string of the molecule is c1ccc(-c2cc(-c3cccc(S(c4ccccc4)(c4ccccc4)c4ccccc4)c3)nc(-c3cccc4c3Oc3ccccc3S4(c3ccccc3)c3ccccc3)n2)cc1. The van der Waals surface area contributed by atoms with Crippen LogP contribution in [-0.4, -0.2) is 9.97 Å². The summed E-state index contributed by atoms with van der Waals surface area (Å²) in [5, 5.41) is 0. The average molecular weight is 847 g/mol. The molecule has 0 atom stereocenters. The van der Waals surface area contributed by atoms with Gasteiger partial charge in [-0.1, -0.05) is 152 Å². The number of nitrogens with zero attached hydrogens (tertiary/aromatic N) is 2. The molecular weight excluding hydrogens is 805 g/mol. The number of hydrogen-bond acceptors (Lipinski definition) is 3. The second-order valence-corrected chi connectivity index (χ2v) is 21.5. The van der Waals surface area contributed by atoms with Crippen molar-refractivity contribution in [3.63, 3.8) is 0 Å². The number of rotatable bonds is 9. The van der Waals surface area contributed by atoms with Crippen LogP contribution in [0.4, 0.5) is 0 Å². The monoisotopic (exact) mass is 846 g/mol. The van der Waals surface area contributed by atoms with Crippen LogP contribution in [0, 0.1) is 0 Å². The highest BCUT2D eigenvalue weighted by molar-refractivity contribution is 8.34. The molecule has 0 saturated heterocycles. The number of ether oxygens (including phenoxy) is 1. The predicted molar refractivity (Wildman–Crippen MR) is 258 cm³/mol. The Kier molecular flexibility index (Phi) is 10.0. The summed E-state index contributed by atoms with van der Waals surface area (Å²) in [6.45, 7) is 0. The van der Waals surface area contributed by atoms with Crippen LogP contribution in [0.2, 0.25) is 0 Å². The summed E-state index contributed by atoms with van der Waals surface area (Å²) in [4.78, 5) is 20.7. The van der Waals surface area contributed by atoms with Gasteiger partial charge in [0.05, 0.1) is 17.0 Å². The smallest absolute Gasteiger partial charge is 0.164 e. The van der Waals surface area contributed by atoms with E-state index in [-0.39, 0.29) is 0 Å². The fourth-order valence-corrected chi connectivity index (χ4v) is 16.9. The molecule has 2 heterocycles. The van der Waals surface area contributed by atoms with Crippen molar-refractivity contribution in [2.24, 2.45) is 0 Å². The standard InChI is InChI=1S/C58H42N2OS2/c1-7-23-43(24-8-1)52-42-53(44-25-21-36-50(41-44)62(45-26-9-2-10-27-45,46-28-11-3-12-29-46)47-30-13-4-14-31-47)60-58(59-52)51-37-22-40-56-57(51)61-54-38-19-20-39-55(54)63(56,48-32-15-5-16-33-48)49-34-17-6-18-35-49/h1-42H. The van der Waals surface area contributed by atoms with Crippen LogP contribution in [0.5, 0.6) is 11.5 Å². The quantitative estimate of drug-likeness (QED) is 0.145. The molecule has 9 aromatic carbocycles. The third-order valence-electron chi connectivity index (χ3n) is 11.7. The van der Waals surface area contributed by atoms with E-state index in [1.807, 2.05) is 6.07 Å². The second kappa shape index (κ2) is 16.4.